The van der Waals surface area contributed by atoms with Crippen LogP contribution in [0.2, 0.25) is 0 Å². The van der Waals surface area contributed by atoms with E-state index in [0.717, 1.165) is 33.2 Å². The van der Waals surface area contributed by atoms with Crippen LogP contribution in [0.1, 0.15) is 25.0 Å². The zero-order valence-electron chi connectivity index (χ0n) is 30.0. The highest BCUT2D eigenvalue weighted by Gasteiger charge is 2.37. The number of hydrogen-bond donors (Lipinski definition) is 0. The molecule has 254 valence electrons. The molecule has 1 aliphatic rings. The smallest absolute Gasteiger partial charge is 0.164 e. The van der Waals surface area contributed by atoms with Crippen LogP contribution in [0.3, 0.4) is 0 Å². The van der Waals surface area contributed by atoms with Crippen molar-refractivity contribution in [3.05, 3.63) is 181 Å². The van der Waals surface area contributed by atoms with Crippen LogP contribution in [-0.2, 0) is 5.41 Å². The lowest BCUT2D eigenvalue weighted by Gasteiger charge is -2.23. The summed E-state index contributed by atoms with van der Waals surface area (Å²) in [6.45, 7) is 4.75. The van der Waals surface area contributed by atoms with E-state index in [1.54, 1.807) is 0 Å². The molecule has 4 nitrogen and oxygen atoms in total. The summed E-state index contributed by atoms with van der Waals surface area (Å²) < 4.78 is 2.41. The van der Waals surface area contributed by atoms with Crippen molar-refractivity contribution in [2.24, 2.45) is 0 Å². The maximum Gasteiger partial charge on any atom is 0.164 e. The molecule has 1 aliphatic carbocycles. The number of fused-ring (bicyclic) bond motifs is 9. The molecule has 0 radical (unpaired) electrons. The summed E-state index contributed by atoms with van der Waals surface area (Å²) in [5.74, 6) is 1.94. The van der Waals surface area contributed by atoms with Crippen molar-refractivity contribution >= 4 is 43.4 Å². The van der Waals surface area contributed by atoms with Crippen LogP contribution >= 0.6 is 0 Å². The molecule has 0 unspecified atom stereocenters. The summed E-state index contributed by atoms with van der Waals surface area (Å²) in [4.78, 5) is 15.3. The Morgan fingerprint density at radius 3 is 1.87 bits per heavy atom. The summed E-state index contributed by atoms with van der Waals surface area (Å²) in [6, 6.07) is 60.6. The molecule has 2 aromatic heterocycles. The minimum atomic E-state index is -0.167. The summed E-state index contributed by atoms with van der Waals surface area (Å²) in [6.07, 6.45) is 0. The molecule has 54 heavy (non-hydrogen) atoms. The Bertz CT molecular complexity index is 3130. The summed E-state index contributed by atoms with van der Waals surface area (Å²) in [7, 11) is 0. The Labute approximate surface area is 313 Å². The van der Waals surface area contributed by atoms with Gasteiger partial charge in [-0.25, -0.2) is 15.0 Å². The van der Waals surface area contributed by atoms with Crippen molar-refractivity contribution in [3.63, 3.8) is 0 Å². The van der Waals surface area contributed by atoms with Gasteiger partial charge < -0.3 is 4.57 Å². The predicted octanol–water partition coefficient (Wildman–Crippen LogP) is 12.6. The van der Waals surface area contributed by atoms with Crippen molar-refractivity contribution in [2.75, 3.05) is 0 Å². The summed E-state index contributed by atoms with van der Waals surface area (Å²) in [5.41, 5.74) is 11.5. The van der Waals surface area contributed by atoms with E-state index in [-0.39, 0.29) is 5.41 Å². The van der Waals surface area contributed by atoms with E-state index >= 15 is 0 Å². The van der Waals surface area contributed by atoms with Crippen molar-refractivity contribution in [3.8, 4) is 51.0 Å². The standard InChI is InChI=1S/C50H34N4/c1-50(2)43-30-45-42(29-41(43)39-27-26-32-15-7-9-22-37(32)46(39)50)38-23-10-11-25-44(38)54(45)35-20-12-19-34(28-35)48-51-47(33-16-4-3-5-17-33)52-49(53-48)40-24-13-18-31-14-6-8-21-36(31)40/h3-30H,1-2H3. The van der Waals surface area contributed by atoms with Gasteiger partial charge in [-0.1, -0.05) is 153 Å². The molecule has 10 aromatic rings. The third-order valence-corrected chi connectivity index (χ3v) is 11.4. The SMILES string of the molecule is CC1(C)c2cc3c(cc2-c2ccc4ccccc4c21)c1ccccc1n3-c1cccc(-c2nc(-c3ccccc3)nc(-c3cccc4ccccc34)n2)c1. The average molecular weight is 691 g/mol. The first kappa shape index (κ1) is 30.7. The van der Waals surface area contributed by atoms with Crippen molar-refractivity contribution in [1.29, 1.82) is 0 Å². The fourth-order valence-corrected chi connectivity index (χ4v) is 8.88. The summed E-state index contributed by atoms with van der Waals surface area (Å²) in [5, 5.41) is 7.36. The largest absolute Gasteiger partial charge is 0.309 e. The molecular formula is C50H34N4. The van der Waals surface area contributed by atoms with Crippen LogP contribution in [0.15, 0.2) is 170 Å². The van der Waals surface area contributed by atoms with E-state index in [2.05, 4.69) is 170 Å². The monoisotopic (exact) mass is 690 g/mol. The second kappa shape index (κ2) is 11.5. The lowest BCUT2D eigenvalue weighted by Crippen LogP contribution is -2.15. The van der Waals surface area contributed by atoms with Crippen LogP contribution in [0.5, 0.6) is 0 Å². The second-order valence-corrected chi connectivity index (χ2v) is 14.9. The first-order chi connectivity index (χ1) is 26.5. The highest BCUT2D eigenvalue weighted by atomic mass is 15.0. The first-order valence-electron chi connectivity index (χ1n) is 18.5. The van der Waals surface area contributed by atoms with Gasteiger partial charge in [-0.05, 0) is 74.1 Å². The Hall–Kier alpha value is -6.91. The molecule has 0 bridgehead atoms. The van der Waals surface area contributed by atoms with Gasteiger partial charge in [0.2, 0.25) is 0 Å². The van der Waals surface area contributed by atoms with E-state index in [1.807, 2.05) is 18.2 Å². The van der Waals surface area contributed by atoms with Crippen molar-refractivity contribution < 1.29 is 0 Å². The topological polar surface area (TPSA) is 43.6 Å². The zero-order valence-corrected chi connectivity index (χ0v) is 30.0. The molecule has 11 rings (SSSR count). The van der Waals surface area contributed by atoms with E-state index in [1.165, 1.54) is 54.8 Å². The van der Waals surface area contributed by atoms with Crippen LogP contribution in [0.25, 0.3) is 94.3 Å². The second-order valence-electron chi connectivity index (χ2n) is 14.9. The first-order valence-corrected chi connectivity index (χ1v) is 18.5. The molecule has 0 saturated carbocycles. The average Bonchev–Trinajstić information content (AvgIpc) is 3.67. The molecule has 0 saturated heterocycles. The molecule has 0 amide bonds. The highest BCUT2D eigenvalue weighted by Crippen LogP contribution is 2.53. The normalized spacial score (nSPS) is 13.1. The molecule has 0 atom stereocenters. The Morgan fingerprint density at radius 2 is 1.04 bits per heavy atom. The molecule has 4 heteroatoms. The van der Waals surface area contributed by atoms with E-state index in [4.69, 9.17) is 15.0 Å². The zero-order chi connectivity index (χ0) is 36.0. The number of rotatable bonds is 4. The minimum absolute atomic E-state index is 0.167. The van der Waals surface area contributed by atoms with Gasteiger partial charge in [0.05, 0.1) is 11.0 Å². The third kappa shape index (κ3) is 4.53. The van der Waals surface area contributed by atoms with Crippen LogP contribution < -0.4 is 0 Å². The molecule has 0 aliphatic heterocycles. The quantitative estimate of drug-likeness (QED) is 0.185. The molecule has 0 fully saturated rings. The van der Waals surface area contributed by atoms with Gasteiger partial charge >= 0.3 is 0 Å². The van der Waals surface area contributed by atoms with Gasteiger partial charge in [-0.2, -0.15) is 0 Å². The van der Waals surface area contributed by atoms with Crippen LogP contribution in [0, 0.1) is 0 Å². The molecule has 8 aromatic carbocycles. The summed E-state index contributed by atoms with van der Waals surface area (Å²) >= 11 is 0. The Balaban J connectivity index is 1.12. The van der Waals surface area contributed by atoms with Crippen LogP contribution in [0.4, 0.5) is 0 Å². The number of aromatic nitrogens is 4. The minimum Gasteiger partial charge on any atom is -0.309 e. The number of hydrogen-bond acceptors (Lipinski definition) is 3. The number of para-hydroxylation sites is 1. The molecule has 2 heterocycles. The Kier molecular flexibility index (Phi) is 6.56. The van der Waals surface area contributed by atoms with E-state index in [0.29, 0.717) is 17.5 Å². The van der Waals surface area contributed by atoms with Crippen molar-refractivity contribution in [2.45, 2.75) is 19.3 Å². The van der Waals surface area contributed by atoms with Crippen LogP contribution in [-0.4, -0.2) is 19.5 Å². The maximum absolute atomic E-state index is 5.18. The number of nitrogens with zero attached hydrogens (tertiary/aromatic N) is 4. The third-order valence-electron chi connectivity index (χ3n) is 11.4. The highest BCUT2D eigenvalue weighted by molar-refractivity contribution is 6.12. The Morgan fingerprint density at radius 1 is 0.407 bits per heavy atom. The molecule has 0 N–H and O–H groups in total. The lowest BCUT2D eigenvalue weighted by molar-refractivity contribution is 0.667. The van der Waals surface area contributed by atoms with Gasteiger partial charge in [-0.3, -0.25) is 0 Å². The maximum atomic E-state index is 5.18. The fraction of sp³-hybridized carbons (Fsp3) is 0.0600. The fourth-order valence-electron chi connectivity index (χ4n) is 8.88. The predicted molar refractivity (Wildman–Crippen MR) is 223 cm³/mol. The van der Waals surface area contributed by atoms with Gasteiger partial charge in [0.25, 0.3) is 0 Å². The lowest BCUT2D eigenvalue weighted by atomic mass is 9.80. The van der Waals surface area contributed by atoms with E-state index in [9.17, 15) is 0 Å². The van der Waals surface area contributed by atoms with E-state index < -0.39 is 0 Å². The van der Waals surface area contributed by atoms with Crippen molar-refractivity contribution in [1.82, 2.24) is 19.5 Å². The van der Waals surface area contributed by atoms with Gasteiger partial charge in [0.15, 0.2) is 17.5 Å². The van der Waals surface area contributed by atoms with Gasteiger partial charge in [-0.15, -0.1) is 0 Å². The molecule has 0 spiro atoms. The van der Waals surface area contributed by atoms with Gasteiger partial charge in [0, 0.05) is 38.6 Å². The number of benzene rings is 8. The molecular weight excluding hydrogens is 657 g/mol. The van der Waals surface area contributed by atoms with Gasteiger partial charge in [0.1, 0.15) is 0 Å².